The van der Waals surface area contributed by atoms with E-state index in [-0.39, 0.29) is 18.6 Å². The maximum Gasteiger partial charge on any atom is 0.259 e. The van der Waals surface area contributed by atoms with E-state index in [0.717, 1.165) is 17.5 Å². The van der Waals surface area contributed by atoms with Crippen LogP contribution in [0.1, 0.15) is 53.7 Å². The summed E-state index contributed by atoms with van der Waals surface area (Å²) in [7, 11) is 1.61. The summed E-state index contributed by atoms with van der Waals surface area (Å²) in [6, 6.07) is 19.8. The van der Waals surface area contributed by atoms with Crippen LogP contribution in [0, 0.1) is 5.92 Å². The molecule has 3 aromatic carbocycles. The van der Waals surface area contributed by atoms with Gasteiger partial charge in [0.05, 0.1) is 19.1 Å². The highest BCUT2D eigenvalue weighted by Crippen LogP contribution is 2.47. The number of anilines is 1. The number of methoxy groups -OCH3 is 1. The molecule has 0 aliphatic carbocycles. The van der Waals surface area contributed by atoms with Crippen molar-refractivity contribution in [1.82, 2.24) is 5.32 Å². The molecular weight excluding hydrogens is 456 g/mol. The Balaban J connectivity index is 1.65. The Hall–Kier alpha value is -4.00. The molecule has 0 aromatic heterocycles. The van der Waals surface area contributed by atoms with Crippen molar-refractivity contribution in [2.24, 2.45) is 5.92 Å². The average molecular weight is 487 g/mol. The summed E-state index contributed by atoms with van der Waals surface area (Å²) in [6.45, 7) is 4.96. The molecule has 7 heteroatoms. The molecule has 2 heterocycles. The fourth-order valence-electron chi connectivity index (χ4n) is 4.87. The number of hydrogen-bond donors (Lipinski definition) is 1. The molecule has 3 aromatic rings. The Morgan fingerprint density at radius 2 is 1.81 bits per heavy atom. The van der Waals surface area contributed by atoms with E-state index in [1.807, 2.05) is 48.5 Å². The van der Waals surface area contributed by atoms with E-state index < -0.39 is 12.0 Å². The molecule has 0 saturated carbocycles. The van der Waals surface area contributed by atoms with Crippen LogP contribution in [0.5, 0.6) is 17.2 Å². The normalized spacial score (nSPS) is 18.2. The third-order valence-corrected chi connectivity index (χ3v) is 6.73. The van der Waals surface area contributed by atoms with Crippen LogP contribution in [0.4, 0.5) is 5.69 Å². The summed E-state index contributed by atoms with van der Waals surface area (Å²) in [6.07, 6.45) is 0.873. The summed E-state index contributed by atoms with van der Waals surface area (Å²) >= 11 is 0. The molecule has 2 amide bonds. The zero-order valence-corrected chi connectivity index (χ0v) is 20.7. The lowest BCUT2D eigenvalue weighted by molar-refractivity contribution is -0.123. The summed E-state index contributed by atoms with van der Waals surface area (Å²) < 4.78 is 16.4. The van der Waals surface area contributed by atoms with Crippen molar-refractivity contribution in [3.8, 4) is 17.2 Å². The van der Waals surface area contributed by atoms with Gasteiger partial charge in [0.1, 0.15) is 5.75 Å². The quantitative estimate of drug-likeness (QED) is 0.505. The van der Waals surface area contributed by atoms with Gasteiger partial charge in [-0.15, -0.1) is 0 Å². The van der Waals surface area contributed by atoms with Gasteiger partial charge in [-0.25, -0.2) is 0 Å². The number of nitrogens with zero attached hydrogens (tertiary/aromatic N) is 1. The fraction of sp³-hybridized carbons (Fsp3) is 0.310. The second-order valence-electron chi connectivity index (χ2n) is 9.47. The minimum absolute atomic E-state index is 0.109. The lowest BCUT2D eigenvalue weighted by Gasteiger charge is -2.42. The van der Waals surface area contributed by atoms with Crippen molar-refractivity contribution < 1.29 is 23.8 Å². The molecule has 0 unspecified atom stereocenters. The third-order valence-electron chi connectivity index (χ3n) is 6.73. The van der Waals surface area contributed by atoms with Crippen LogP contribution in [0.2, 0.25) is 0 Å². The SMILES string of the molecule is COc1ccc([C@H]2[C@H](C(=O)NCCC(C)C)c3ccccc3C(=O)N2c2ccc3c(c2)OCO3)cc1. The van der Waals surface area contributed by atoms with Gasteiger partial charge in [-0.3, -0.25) is 14.5 Å². The van der Waals surface area contributed by atoms with Gasteiger partial charge in [-0.2, -0.15) is 0 Å². The van der Waals surface area contributed by atoms with E-state index in [1.54, 1.807) is 30.2 Å². The third kappa shape index (κ3) is 4.37. The second kappa shape index (κ2) is 9.93. The first-order chi connectivity index (χ1) is 17.5. The zero-order chi connectivity index (χ0) is 25.2. The van der Waals surface area contributed by atoms with E-state index in [9.17, 15) is 9.59 Å². The smallest absolute Gasteiger partial charge is 0.259 e. The van der Waals surface area contributed by atoms with E-state index in [1.165, 1.54) is 0 Å². The molecule has 186 valence electrons. The van der Waals surface area contributed by atoms with Crippen molar-refractivity contribution in [3.05, 3.63) is 83.4 Å². The molecule has 2 atom stereocenters. The van der Waals surface area contributed by atoms with Crippen molar-refractivity contribution in [3.63, 3.8) is 0 Å². The summed E-state index contributed by atoms with van der Waals surface area (Å²) in [5.74, 6) is 1.49. The van der Waals surface area contributed by atoms with Crippen LogP contribution in [0.3, 0.4) is 0 Å². The van der Waals surface area contributed by atoms with Crippen LogP contribution in [0.25, 0.3) is 0 Å². The largest absolute Gasteiger partial charge is 0.497 e. The van der Waals surface area contributed by atoms with Crippen molar-refractivity contribution in [1.29, 1.82) is 0 Å². The molecule has 0 spiro atoms. The topological polar surface area (TPSA) is 77.1 Å². The van der Waals surface area contributed by atoms with Gasteiger partial charge in [0.15, 0.2) is 11.5 Å². The molecule has 2 aliphatic rings. The van der Waals surface area contributed by atoms with E-state index >= 15 is 0 Å². The van der Waals surface area contributed by atoms with Crippen LogP contribution < -0.4 is 24.4 Å². The number of carbonyl (C=O) groups excluding carboxylic acids is 2. The number of nitrogens with one attached hydrogen (secondary N) is 1. The molecule has 2 aliphatic heterocycles. The van der Waals surface area contributed by atoms with Crippen molar-refractivity contribution >= 4 is 17.5 Å². The highest BCUT2D eigenvalue weighted by molar-refractivity contribution is 6.11. The molecule has 0 bridgehead atoms. The maximum atomic E-state index is 14.0. The average Bonchev–Trinajstić information content (AvgIpc) is 3.36. The van der Waals surface area contributed by atoms with Crippen LogP contribution in [-0.4, -0.2) is 32.3 Å². The Morgan fingerprint density at radius 1 is 1.06 bits per heavy atom. The van der Waals surface area contributed by atoms with Crippen molar-refractivity contribution in [2.75, 3.05) is 25.3 Å². The first-order valence-electron chi connectivity index (χ1n) is 12.2. The van der Waals surface area contributed by atoms with Gasteiger partial charge in [0.25, 0.3) is 5.91 Å². The molecule has 36 heavy (non-hydrogen) atoms. The predicted molar refractivity (Wildman–Crippen MR) is 137 cm³/mol. The van der Waals surface area contributed by atoms with Crippen LogP contribution in [0.15, 0.2) is 66.7 Å². The van der Waals surface area contributed by atoms with Crippen molar-refractivity contribution in [2.45, 2.75) is 32.2 Å². The number of hydrogen-bond acceptors (Lipinski definition) is 5. The second-order valence-corrected chi connectivity index (χ2v) is 9.47. The first-order valence-corrected chi connectivity index (χ1v) is 12.2. The number of benzene rings is 3. The molecule has 0 fully saturated rings. The van der Waals surface area contributed by atoms with Gasteiger partial charge < -0.3 is 19.5 Å². The molecule has 0 radical (unpaired) electrons. The summed E-state index contributed by atoms with van der Waals surface area (Å²) in [5.41, 5.74) is 2.71. The lowest BCUT2D eigenvalue weighted by Crippen LogP contribution is -2.47. The van der Waals surface area contributed by atoms with Gasteiger partial charge in [-0.05, 0) is 53.8 Å². The van der Waals surface area contributed by atoms with E-state index in [2.05, 4.69) is 19.2 Å². The molecule has 0 saturated heterocycles. The van der Waals surface area contributed by atoms with E-state index in [0.29, 0.717) is 41.0 Å². The first kappa shape index (κ1) is 23.7. The number of ether oxygens (including phenoxy) is 3. The zero-order valence-electron chi connectivity index (χ0n) is 20.7. The minimum Gasteiger partial charge on any atom is -0.497 e. The highest BCUT2D eigenvalue weighted by Gasteiger charge is 2.45. The Labute approximate surface area is 211 Å². The number of rotatable bonds is 7. The number of fused-ring (bicyclic) bond motifs is 2. The standard InChI is InChI=1S/C29H30N2O5/c1-18(2)14-15-30-28(32)26-22-6-4-5-7-23(22)29(33)31(20-10-13-24-25(16-20)36-17-35-24)27(26)19-8-11-21(34-3)12-9-19/h4-13,16,18,26-27H,14-15,17H2,1-3H3,(H,30,32)/t26-,27+/m1/s1. The van der Waals surface area contributed by atoms with Gasteiger partial charge in [-0.1, -0.05) is 44.2 Å². The Kier molecular flexibility index (Phi) is 6.55. The highest BCUT2D eigenvalue weighted by atomic mass is 16.7. The number of amides is 2. The van der Waals surface area contributed by atoms with Gasteiger partial charge in [0, 0.05) is 23.9 Å². The molecule has 1 N–H and O–H groups in total. The molecule has 5 rings (SSSR count). The molecule has 7 nitrogen and oxygen atoms in total. The Bertz CT molecular complexity index is 1270. The Morgan fingerprint density at radius 3 is 2.56 bits per heavy atom. The summed E-state index contributed by atoms with van der Waals surface area (Å²) in [4.78, 5) is 29.5. The fourth-order valence-corrected chi connectivity index (χ4v) is 4.87. The molecular formula is C29H30N2O5. The van der Waals surface area contributed by atoms with Crippen LogP contribution in [-0.2, 0) is 4.79 Å². The van der Waals surface area contributed by atoms with E-state index in [4.69, 9.17) is 14.2 Å². The monoisotopic (exact) mass is 486 g/mol. The van der Waals surface area contributed by atoms with Gasteiger partial charge >= 0.3 is 0 Å². The summed E-state index contributed by atoms with van der Waals surface area (Å²) in [5, 5.41) is 3.13. The number of carbonyl (C=O) groups is 2. The van der Waals surface area contributed by atoms with Crippen LogP contribution >= 0.6 is 0 Å². The van der Waals surface area contributed by atoms with Gasteiger partial charge in [0.2, 0.25) is 12.7 Å². The predicted octanol–water partition coefficient (Wildman–Crippen LogP) is 5.07. The maximum absolute atomic E-state index is 14.0. The minimum atomic E-state index is -0.607. The lowest BCUT2D eigenvalue weighted by atomic mass is 9.78.